The van der Waals surface area contributed by atoms with Gasteiger partial charge in [0.05, 0.1) is 46.1 Å². The van der Waals surface area contributed by atoms with Crippen LogP contribution in [0.2, 0.25) is 0 Å². The van der Waals surface area contributed by atoms with Gasteiger partial charge >= 0.3 is 0 Å². The van der Waals surface area contributed by atoms with Crippen LogP contribution >= 0.6 is 0 Å². The van der Waals surface area contributed by atoms with Gasteiger partial charge in [0, 0.05) is 18.5 Å². The summed E-state index contributed by atoms with van der Waals surface area (Å²) in [6, 6.07) is 11.1. The van der Waals surface area contributed by atoms with Crippen molar-refractivity contribution in [3.8, 4) is 17.2 Å². The van der Waals surface area contributed by atoms with E-state index in [-0.39, 0.29) is 5.57 Å². The number of ether oxygens (including phenoxy) is 4. The highest BCUT2D eigenvalue weighted by atomic mass is 16.5. The normalized spacial score (nSPS) is 19.6. The van der Waals surface area contributed by atoms with Gasteiger partial charge in [0.25, 0.3) is 5.91 Å². The molecular formula is C29H36N2O7. The Labute approximate surface area is 223 Å². The molecular weight excluding hydrogens is 488 g/mol. The molecule has 0 bridgehead atoms. The molecule has 2 aliphatic heterocycles. The summed E-state index contributed by atoms with van der Waals surface area (Å²) < 4.78 is 22.1. The molecule has 1 N–H and O–H groups in total. The van der Waals surface area contributed by atoms with E-state index in [1.165, 1.54) is 9.80 Å². The molecule has 2 fully saturated rings. The van der Waals surface area contributed by atoms with Crippen LogP contribution in [0.5, 0.6) is 17.2 Å². The number of hydrogen-bond acceptors (Lipinski definition) is 7. The molecule has 204 valence electrons. The van der Waals surface area contributed by atoms with Crippen molar-refractivity contribution in [3.63, 3.8) is 0 Å². The number of quaternary nitrogens is 1. The van der Waals surface area contributed by atoms with E-state index in [4.69, 9.17) is 18.9 Å². The van der Waals surface area contributed by atoms with Crippen LogP contribution < -0.4 is 24.2 Å². The fourth-order valence-electron chi connectivity index (χ4n) is 4.99. The summed E-state index contributed by atoms with van der Waals surface area (Å²) in [5, 5.41) is 13.7. The fraction of sp³-hybridized carbons (Fsp3) is 0.448. The number of likely N-dealkylation sites (tertiary alicyclic amines) is 1. The van der Waals surface area contributed by atoms with Crippen molar-refractivity contribution in [2.24, 2.45) is 0 Å². The number of carbonyl (C=O) groups excluding carboxylic acids is 2. The lowest BCUT2D eigenvalue weighted by Crippen LogP contribution is -3.14. The van der Waals surface area contributed by atoms with Gasteiger partial charge in [0.1, 0.15) is 18.8 Å². The third-order valence-corrected chi connectivity index (χ3v) is 6.89. The molecule has 0 saturated carbocycles. The summed E-state index contributed by atoms with van der Waals surface area (Å²) >= 11 is 0. The highest BCUT2D eigenvalue weighted by Crippen LogP contribution is 2.41. The largest absolute Gasteiger partial charge is 0.872 e. The van der Waals surface area contributed by atoms with Crippen LogP contribution in [0.4, 0.5) is 0 Å². The maximum atomic E-state index is 13.7. The Balaban J connectivity index is 1.72. The molecule has 1 amide bonds. The van der Waals surface area contributed by atoms with Crippen molar-refractivity contribution >= 4 is 17.4 Å². The van der Waals surface area contributed by atoms with Crippen molar-refractivity contribution in [1.82, 2.24) is 4.90 Å². The second-order valence-corrected chi connectivity index (χ2v) is 9.24. The standard InChI is InChI=1S/C29H36N2O7/c1-4-37-23-12-9-21(19-24(23)38-5-2)26-25(27(32)20-7-10-22(35-3)11-8-20)28(33)29(34)31(26)14-6-13-30-15-17-36-18-16-30/h7-12,19,26,32H,4-6,13-18H2,1-3H3. The first-order valence-electron chi connectivity index (χ1n) is 13.2. The van der Waals surface area contributed by atoms with E-state index in [1.54, 1.807) is 49.6 Å². The number of rotatable bonds is 11. The number of carbonyl (C=O) groups is 2. The zero-order valence-corrected chi connectivity index (χ0v) is 22.3. The topological polar surface area (TPSA) is 102 Å². The lowest BCUT2D eigenvalue weighted by Gasteiger charge is -2.29. The van der Waals surface area contributed by atoms with Crippen molar-refractivity contribution in [2.45, 2.75) is 26.3 Å². The second-order valence-electron chi connectivity index (χ2n) is 9.24. The Morgan fingerprint density at radius 3 is 2.37 bits per heavy atom. The molecule has 2 aromatic rings. The van der Waals surface area contributed by atoms with Crippen LogP contribution in [0, 0.1) is 0 Å². The van der Waals surface area contributed by atoms with Gasteiger partial charge in [-0.3, -0.25) is 9.59 Å². The van der Waals surface area contributed by atoms with Crippen LogP contribution in [0.15, 0.2) is 48.0 Å². The molecule has 38 heavy (non-hydrogen) atoms. The number of nitrogens with zero attached hydrogens (tertiary/aromatic N) is 1. The minimum Gasteiger partial charge on any atom is -0.872 e. The summed E-state index contributed by atoms with van der Waals surface area (Å²) in [5.41, 5.74) is 0.903. The van der Waals surface area contributed by atoms with E-state index in [2.05, 4.69) is 0 Å². The van der Waals surface area contributed by atoms with Gasteiger partial charge in [-0.25, -0.2) is 0 Å². The molecule has 9 nitrogen and oxygen atoms in total. The maximum Gasteiger partial charge on any atom is 0.295 e. The van der Waals surface area contributed by atoms with Gasteiger partial charge in [0.15, 0.2) is 11.5 Å². The van der Waals surface area contributed by atoms with E-state index in [1.807, 2.05) is 13.8 Å². The zero-order valence-electron chi connectivity index (χ0n) is 22.3. The van der Waals surface area contributed by atoms with E-state index in [0.29, 0.717) is 54.6 Å². The van der Waals surface area contributed by atoms with Crippen LogP contribution in [-0.2, 0) is 14.3 Å². The first-order valence-corrected chi connectivity index (χ1v) is 13.2. The van der Waals surface area contributed by atoms with Crippen LogP contribution in [0.3, 0.4) is 0 Å². The molecule has 2 saturated heterocycles. The van der Waals surface area contributed by atoms with Crippen LogP contribution in [0.1, 0.15) is 37.4 Å². The van der Waals surface area contributed by atoms with Gasteiger partial charge in [-0.05, 0) is 49.2 Å². The van der Waals surface area contributed by atoms with E-state index in [9.17, 15) is 14.7 Å². The Morgan fingerprint density at radius 1 is 1.03 bits per heavy atom. The minimum atomic E-state index is -0.820. The SMILES string of the molecule is CCOc1ccc(C2C(=C([O-])c3ccc(OC)cc3)C(=O)C(=O)N2CCC[NH+]2CCOCC2)cc1OCC. The molecule has 9 heteroatoms. The number of hydrogen-bond donors (Lipinski definition) is 1. The molecule has 2 aliphatic rings. The summed E-state index contributed by atoms with van der Waals surface area (Å²) in [7, 11) is 1.54. The number of amides is 1. The van der Waals surface area contributed by atoms with Crippen molar-refractivity contribution < 1.29 is 38.5 Å². The highest BCUT2D eigenvalue weighted by molar-refractivity contribution is 6.46. The Morgan fingerprint density at radius 2 is 1.71 bits per heavy atom. The summed E-state index contributed by atoms with van der Waals surface area (Å²) in [6.45, 7) is 9.12. The lowest BCUT2D eigenvalue weighted by atomic mass is 9.95. The van der Waals surface area contributed by atoms with Crippen molar-refractivity contribution in [1.29, 1.82) is 0 Å². The summed E-state index contributed by atoms with van der Waals surface area (Å²) in [5.74, 6) is -0.217. The number of Topliss-reactive ketones (excluding diaryl/α,β-unsaturated/α-hetero) is 1. The first-order chi connectivity index (χ1) is 18.5. The predicted molar refractivity (Wildman–Crippen MR) is 139 cm³/mol. The average molecular weight is 525 g/mol. The van der Waals surface area contributed by atoms with Crippen LogP contribution in [-0.4, -0.2) is 76.3 Å². The summed E-state index contributed by atoms with van der Waals surface area (Å²) in [6.07, 6.45) is 0.699. The van der Waals surface area contributed by atoms with Gasteiger partial charge < -0.3 is 33.9 Å². The highest BCUT2D eigenvalue weighted by Gasteiger charge is 2.44. The quantitative estimate of drug-likeness (QED) is 0.266. The molecule has 4 rings (SSSR count). The fourth-order valence-corrected chi connectivity index (χ4v) is 4.99. The van der Waals surface area contributed by atoms with Crippen LogP contribution in [0.25, 0.3) is 5.76 Å². The average Bonchev–Trinajstić information content (AvgIpc) is 3.19. The van der Waals surface area contributed by atoms with Gasteiger partial charge in [0.2, 0.25) is 5.78 Å². The Bertz CT molecular complexity index is 1160. The molecule has 2 heterocycles. The van der Waals surface area contributed by atoms with Gasteiger partial charge in [-0.15, -0.1) is 0 Å². The zero-order chi connectivity index (χ0) is 27.1. The predicted octanol–water partition coefficient (Wildman–Crippen LogP) is 1.02. The van der Waals surface area contributed by atoms with Gasteiger partial charge in [-0.2, -0.15) is 0 Å². The third kappa shape index (κ3) is 5.95. The summed E-state index contributed by atoms with van der Waals surface area (Å²) in [4.78, 5) is 29.6. The number of morpholine rings is 1. The smallest absolute Gasteiger partial charge is 0.295 e. The van der Waals surface area contributed by atoms with Gasteiger partial charge in [-0.1, -0.05) is 24.0 Å². The molecule has 0 aromatic heterocycles. The third-order valence-electron chi connectivity index (χ3n) is 6.89. The molecule has 0 aliphatic carbocycles. The number of methoxy groups -OCH3 is 1. The lowest BCUT2D eigenvalue weighted by molar-refractivity contribution is -0.908. The molecule has 2 aromatic carbocycles. The number of benzene rings is 2. The Kier molecular flexibility index (Phi) is 9.25. The van der Waals surface area contributed by atoms with E-state index < -0.39 is 23.5 Å². The second kappa shape index (κ2) is 12.8. The van der Waals surface area contributed by atoms with Crippen molar-refractivity contribution in [2.75, 3.05) is 59.7 Å². The minimum absolute atomic E-state index is 0.0505. The molecule has 1 unspecified atom stereocenters. The van der Waals surface area contributed by atoms with E-state index >= 15 is 0 Å². The van der Waals surface area contributed by atoms with E-state index in [0.717, 1.165) is 32.8 Å². The number of ketones is 1. The first kappa shape index (κ1) is 27.5. The Hall–Kier alpha value is -3.56. The molecule has 0 spiro atoms. The maximum absolute atomic E-state index is 13.7. The number of nitrogens with one attached hydrogen (secondary N) is 1. The molecule has 1 atom stereocenters. The van der Waals surface area contributed by atoms with Crippen molar-refractivity contribution in [3.05, 3.63) is 59.2 Å². The molecule has 0 radical (unpaired) electrons. The monoisotopic (exact) mass is 524 g/mol.